The summed E-state index contributed by atoms with van der Waals surface area (Å²) in [4.78, 5) is 5.11. The monoisotopic (exact) mass is 398 g/mol. The normalized spacial score (nSPS) is 16.1. The number of hydrogen-bond acceptors (Lipinski definition) is 2. The molecule has 0 aromatic heterocycles. The maximum atomic E-state index is 2.56. The van der Waals surface area contributed by atoms with Gasteiger partial charge in [-0.1, -0.05) is 121 Å². The molecule has 1 unspecified atom stereocenters. The maximum absolute atomic E-state index is 2.56. The summed E-state index contributed by atoms with van der Waals surface area (Å²) in [5.74, 6) is 0. The lowest BCUT2D eigenvalue weighted by Crippen LogP contribution is -2.32. The van der Waals surface area contributed by atoms with Crippen LogP contribution in [0.15, 0.2) is 42.7 Å². The van der Waals surface area contributed by atoms with E-state index in [4.69, 9.17) is 0 Å². The molecule has 0 saturated heterocycles. The zero-order valence-corrected chi connectivity index (χ0v) is 19.3. The third-order valence-corrected chi connectivity index (χ3v) is 6.22. The van der Waals surface area contributed by atoms with Crippen molar-refractivity contribution in [1.82, 2.24) is 9.80 Å². The first-order valence-electron chi connectivity index (χ1n) is 12.6. The van der Waals surface area contributed by atoms with Crippen LogP contribution in [0, 0.1) is 0 Å². The first kappa shape index (κ1) is 23.8. The van der Waals surface area contributed by atoms with Crippen LogP contribution in [-0.4, -0.2) is 22.9 Å². The molecule has 1 aliphatic rings. The average molecular weight is 399 g/mol. The summed E-state index contributed by atoms with van der Waals surface area (Å²) in [6.45, 7) is 6.92. The fourth-order valence-electron chi connectivity index (χ4n) is 4.43. The highest BCUT2D eigenvalue weighted by Crippen LogP contribution is 2.31. The van der Waals surface area contributed by atoms with E-state index < -0.39 is 0 Å². The van der Waals surface area contributed by atoms with Gasteiger partial charge in [0.05, 0.1) is 0 Å². The molecule has 0 amide bonds. The molecular formula is C27H46N2. The molecule has 1 aromatic rings. The molecule has 1 aromatic carbocycles. The van der Waals surface area contributed by atoms with Gasteiger partial charge in [0.15, 0.2) is 0 Å². The molecule has 0 radical (unpaired) electrons. The molecule has 1 aliphatic heterocycles. The van der Waals surface area contributed by atoms with Crippen molar-refractivity contribution in [3.8, 4) is 0 Å². The molecule has 2 heteroatoms. The third-order valence-electron chi connectivity index (χ3n) is 6.22. The summed E-state index contributed by atoms with van der Waals surface area (Å²) >= 11 is 0. The lowest BCUT2D eigenvalue weighted by molar-refractivity contribution is 0.150. The van der Waals surface area contributed by atoms with Gasteiger partial charge in [0.25, 0.3) is 0 Å². The van der Waals surface area contributed by atoms with E-state index in [0.717, 1.165) is 0 Å². The minimum Gasteiger partial charge on any atom is -0.352 e. The largest absolute Gasteiger partial charge is 0.352 e. The van der Waals surface area contributed by atoms with Crippen molar-refractivity contribution < 1.29 is 0 Å². The first-order chi connectivity index (χ1) is 14.4. The highest BCUT2D eigenvalue weighted by atomic mass is 15.4. The third kappa shape index (κ3) is 9.28. The lowest BCUT2D eigenvalue weighted by atomic mass is 10.1. The Morgan fingerprint density at radius 2 is 0.966 bits per heavy atom. The molecule has 2 rings (SSSR count). The second-order valence-electron chi connectivity index (χ2n) is 8.80. The van der Waals surface area contributed by atoms with E-state index in [-0.39, 0.29) is 0 Å². The zero-order chi connectivity index (χ0) is 20.6. The van der Waals surface area contributed by atoms with Gasteiger partial charge in [0, 0.05) is 25.5 Å². The van der Waals surface area contributed by atoms with E-state index in [1.807, 2.05) is 0 Å². The van der Waals surface area contributed by atoms with Crippen LogP contribution in [0.2, 0.25) is 0 Å². The molecule has 29 heavy (non-hydrogen) atoms. The van der Waals surface area contributed by atoms with Crippen molar-refractivity contribution in [1.29, 1.82) is 0 Å². The zero-order valence-electron chi connectivity index (χ0n) is 19.3. The number of hydrogen-bond donors (Lipinski definition) is 0. The van der Waals surface area contributed by atoms with Crippen molar-refractivity contribution in [2.45, 2.75) is 110 Å². The molecule has 1 atom stereocenters. The Morgan fingerprint density at radius 1 is 0.552 bits per heavy atom. The Balaban J connectivity index is 1.65. The highest BCUT2D eigenvalue weighted by Gasteiger charge is 2.26. The van der Waals surface area contributed by atoms with Crippen LogP contribution in [-0.2, 0) is 0 Å². The van der Waals surface area contributed by atoms with E-state index >= 15 is 0 Å². The molecule has 2 nitrogen and oxygen atoms in total. The molecule has 1 heterocycles. The summed E-state index contributed by atoms with van der Waals surface area (Å²) in [5, 5.41) is 0. The summed E-state index contributed by atoms with van der Waals surface area (Å²) < 4.78 is 0. The predicted molar refractivity (Wildman–Crippen MR) is 128 cm³/mol. The Kier molecular flexibility index (Phi) is 12.7. The van der Waals surface area contributed by atoms with Crippen LogP contribution in [0.3, 0.4) is 0 Å². The summed E-state index contributed by atoms with van der Waals surface area (Å²) in [5.41, 5.74) is 1.43. The van der Waals surface area contributed by atoms with Crippen LogP contribution in [0.25, 0.3) is 0 Å². The Labute approximate surface area is 181 Å². The average Bonchev–Trinajstić information content (AvgIpc) is 3.15. The molecule has 0 bridgehead atoms. The fraction of sp³-hybridized carbons (Fsp3) is 0.704. The first-order valence-corrected chi connectivity index (χ1v) is 12.6. The lowest BCUT2D eigenvalue weighted by Gasteiger charge is -2.33. The Bertz CT molecular complexity index is 525. The van der Waals surface area contributed by atoms with Gasteiger partial charge in [-0.05, 0) is 18.4 Å². The topological polar surface area (TPSA) is 6.48 Å². The molecule has 164 valence electrons. The molecule has 0 fully saturated rings. The van der Waals surface area contributed by atoms with Crippen LogP contribution in [0.4, 0.5) is 0 Å². The van der Waals surface area contributed by atoms with Crippen LogP contribution < -0.4 is 0 Å². The van der Waals surface area contributed by atoms with E-state index in [1.165, 1.54) is 109 Å². The molecule has 0 aliphatic carbocycles. The van der Waals surface area contributed by atoms with Crippen molar-refractivity contribution in [2.24, 2.45) is 0 Å². The minimum atomic E-state index is 0.399. The Hall–Kier alpha value is -1.44. The smallest absolute Gasteiger partial charge is 0.127 e. The van der Waals surface area contributed by atoms with Gasteiger partial charge in [-0.3, -0.25) is 0 Å². The summed E-state index contributed by atoms with van der Waals surface area (Å²) in [7, 11) is 0. The quantitative estimate of drug-likeness (QED) is 0.244. The van der Waals surface area contributed by atoms with Crippen molar-refractivity contribution in [3.05, 3.63) is 48.3 Å². The van der Waals surface area contributed by atoms with Gasteiger partial charge < -0.3 is 9.80 Å². The second kappa shape index (κ2) is 15.4. The van der Waals surface area contributed by atoms with Gasteiger partial charge in [-0.25, -0.2) is 0 Å². The summed E-state index contributed by atoms with van der Waals surface area (Å²) in [6, 6.07) is 11.1. The standard InChI is InChI=1S/C27H46N2/c1-3-5-7-8-9-10-11-12-13-14-19-23-29-25-24-28(22-18-6-4-2)27(29)26-20-16-15-17-21-26/h15-17,20-21,24-25,27H,3-14,18-19,22-23H2,1-2H3. The predicted octanol–water partition coefficient (Wildman–Crippen LogP) is 8.28. The molecular weight excluding hydrogens is 352 g/mol. The molecule has 0 spiro atoms. The molecule has 0 saturated carbocycles. The van der Waals surface area contributed by atoms with E-state index in [2.05, 4.69) is 66.4 Å². The van der Waals surface area contributed by atoms with Gasteiger partial charge >= 0.3 is 0 Å². The number of benzene rings is 1. The van der Waals surface area contributed by atoms with Gasteiger partial charge in [0.2, 0.25) is 0 Å². The fourth-order valence-corrected chi connectivity index (χ4v) is 4.43. The van der Waals surface area contributed by atoms with E-state index in [1.54, 1.807) is 0 Å². The van der Waals surface area contributed by atoms with Gasteiger partial charge in [-0.15, -0.1) is 0 Å². The maximum Gasteiger partial charge on any atom is 0.127 e. The van der Waals surface area contributed by atoms with E-state index in [0.29, 0.717) is 6.17 Å². The number of unbranched alkanes of at least 4 members (excludes halogenated alkanes) is 12. The van der Waals surface area contributed by atoms with Crippen LogP contribution >= 0.6 is 0 Å². The van der Waals surface area contributed by atoms with Crippen molar-refractivity contribution in [2.75, 3.05) is 13.1 Å². The van der Waals surface area contributed by atoms with Crippen LogP contribution in [0.1, 0.15) is 115 Å². The van der Waals surface area contributed by atoms with E-state index in [9.17, 15) is 0 Å². The minimum absolute atomic E-state index is 0.399. The second-order valence-corrected chi connectivity index (χ2v) is 8.80. The molecule has 0 N–H and O–H groups in total. The SMILES string of the molecule is CCCCCCCCCCCCCN1C=CN(CCCCC)C1c1ccccc1. The summed E-state index contributed by atoms with van der Waals surface area (Å²) in [6.07, 6.45) is 24.5. The van der Waals surface area contributed by atoms with Crippen molar-refractivity contribution >= 4 is 0 Å². The Morgan fingerprint density at radius 3 is 1.48 bits per heavy atom. The van der Waals surface area contributed by atoms with Gasteiger partial charge in [0.1, 0.15) is 6.17 Å². The number of rotatable bonds is 17. The number of nitrogens with zero attached hydrogens (tertiary/aromatic N) is 2. The highest BCUT2D eigenvalue weighted by molar-refractivity contribution is 5.21. The van der Waals surface area contributed by atoms with Crippen LogP contribution in [0.5, 0.6) is 0 Å². The van der Waals surface area contributed by atoms with Gasteiger partial charge in [-0.2, -0.15) is 0 Å². The van der Waals surface area contributed by atoms with Crippen molar-refractivity contribution in [3.63, 3.8) is 0 Å².